The third-order valence-electron chi connectivity index (χ3n) is 3.38. The summed E-state index contributed by atoms with van der Waals surface area (Å²) in [5.41, 5.74) is 2.07. The van der Waals surface area contributed by atoms with Crippen molar-refractivity contribution >= 4 is 34.0 Å². The SMILES string of the molecule is COC(=O)CC(=O)c1cc(-c2c[nH]c3c(F)cccc23)cs1. The molecule has 2 heterocycles. The van der Waals surface area contributed by atoms with Crippen molar-refractivity contribution in [2.45, 2.75) is 6.42 Å². The van der Waals surface area contributed by atoms with E-state index >= 15 is 0 Å². The summed E-state index contributed by atoms with van der Waals surface area (Å²) in [7, 11) is 1.25. The Morgan fingerprint density at radius 2 is 2.18 bits per heavy atom. The monoisotopic (exact) mass is 317 g/mol. The minimum Gasteiger partial charge on any atom is -0.469 e. The van der Waals surface area contributed by atoms with Gasteiger partial charge in [-0.2, -0.15) is 0 Å². The summed E-state index contributed by atoms with van der Waals surface area (Å²) in [6.45, 7) is 0. The summed E-state index contributed by atoms with van der Waals surface area (Å²) < 4.78 is 18.2. The molecule has 0 atom stereocenters. The van der Waals surface area contributed by atoms with E-state index in [9.17, 15) is 14.0 Å². The van der Waals surface area contributed by atoms with Gasteiger partial charge in [-0.1, -0.05) is 12.1 Å². The molecular formula is C16H12FNO3S. The number of methoxy groups -OCH3 is 1. The second-order valence-electron chi connectivity index (χ2n) is 4.74. The number of halogens is 1. The van der Waals surface area contributed by atoms with Crippen molar-refractivity contribution in [1.82, 2.24) is 4.98 Å². The summed E-state index contributed by atoms with van der Waals surface area (Å²) in [5.74, 6) is -1.16. The molecule has 0 saturated carbocycles. The van der Waals surface area contributed by atoms with Crippen molar-refractivity contribution in [1.29, 1.82) is 0 Å². The van der Waals surface area contributed by atoms with E-state index < -0.39 is 5.97 Å². The van der Waals surface area contributed by atoms with E-state index in [4.69, 9.17) is 0 Å². The smallest absolute Gasteiger partial charge is 0.313 e. The number of ketones is 1. The zero-order chi connectivity index (χ0) is 15.7. The molecule has 0 aliphatic heterocycles. The first-order valence-corrected chi connectivity index (χ1v) is 7.42. The lowest BCUT2D eigenvalue weighted by Gasteiger charge is -1.97. The molecular weight excluding hydrogens is 305 g/mol. The molecule has 0 radical (unpaired) electrons. The van der Waals surface area contributed by atoms with E-state index in [0.717, 1.165) is 16.5 Å². The Morgan fingerprint density at radius 1 is 1.36 bits per heavy atom. The maximum Gasteiger partial charge on any atom is 0.313 e. The number of Topliss-reactive ketones (excluding diaryl/α,β-unsaturated/α-hetero) is 1. The molecule has 3 rings (SSSR count). The van der Waals surface area contributed by atoms with Crippen molar-refractivity contribution in [3.8, 4) is 11.1 Å². The first kappa shape index (κ1) is 14.5. The van der Waals surface area contributed by atoms with Crippen LogP contribution in [0.2, 0.25) is 0 Å². The summed E-state index contributed by atoms with van der Waals surface area (Å²) in [6.07, 6.45) is 1.43. The van der Waals surface area contributed by atoms with Crippen molar-refractivity contribution < 1.29 is 18.7 Å². The summed E-state index contributed by atoms with van der Waals surface area (Å²) >= 11 is 1.26. The van der Waals surface area contributed by atoms with E-state index in [1.807, 2.05) is 11.4 Å². The minimum absolute atomic E-state index is 0.279. The van der Waals surface area contributed by atoms with Gasteiger partial charge in [0.2, 0.25) is 0 Å². The van der Waals surface area contributed by atoms with Crippen LogP contribution in [0.3, 0.4) is 0 Å². The Labute approximate surface area is 129 Å². The van der Waals surface area contributed by atoms with Crippen molar-refractivity contribution in [3.05, 3.63) is 46.5 Å². The predicted octanol–water partition coefficient (Wildman–Crippen LogP) is 3.78. The number of rotatable bonds is 4. The second kappa shape index (κ2) is 5.73. The maximum absolute atomic E-state index is 13.7. The number of carbonyl (C=O) groups excluding carboxylic acids is 2. The topological polar surface area (TPSA) is 59.2 Å². The second-order valence-corrected chi connectivity index (χ2v) is 5.65. The first-order valence-electron chi connectivity index (χ1n) is 6.54. The number of thiophene rings is 1. The number of nitrogens with one attached hydrogen (secondary N) is 1. The molecule has 0 fully saturated rings. The summed E-state index contributed by atoms with van der Waals surface area (Å²) in [5, 5.41) is 2.57. The Bertz CT molecular complexity index is 865. The number of benzene rings is 1. The lowest BCUT2D eigenvalue weighted by atomic mass is 10.1. The van der Waals surface area contributed by atoms with Gasteiger partial charge in [0, 0.05) is 17.1 Å². The highest BCUT2D eigenvalue weighted by Crippen LogP contribution is 2.33. The van der Waals surface area contributed by atoms with E-state index in [0.29, 0.717) is 10.4 Å². The van der Waals surface area contributed by atoms with Crippen LogP contribution in [0.5, 0.6) is 0 Å². The summed E-state index contributed by atoms with van der Waals surface area (Å²) in [4.78, 5) is 26.5. The standard InChI is InChI=1S/C16H12FNO3S/c1-21-15(20)6-13(19)14-5-9(8-22-14)11-7-18-16-10(11)3-2-4-12(16)17/h2-5,7-8,18H,6H2,1H3. The number of hydrogen-bond donors (Lipinski definition) is 1. The third kappa shape index (κ3) is 2.53. The molecule has 6 heteroatoms. The van der Waals surface area contributed by atoms with Crippen LogP contribution in [-0.2, 0) is 9.53 Å². The third-order valence-corrected chi connectivity index (χ3v) is 4.35. The molecule has 0 unspecified atom stereocenters. The predicted molar refractivity (Wildman–Crippen MR) is 82.5 cm³/mol. The van der Waals surface area contributed by atoms with Gasteiger partial charge in [-0.3, -0.25) is 9.59 Å². The molecule has 0 aliphatic carbocycles. The van der Waals surface area contributed by atoms with Crippen LogP contribution in [0, 0.1) is 5.82 Å². The fourth-order valence-corrected chi connectivity index (χ4v) is 3.12. The van der Waals surface area contributed by atoms with Gasteiger partial charge in [0.1, 0.15) is 12.2 Å². The number of esters is 1. The fraction of sp³-hybridized carbons (Fsp3) is 0.125. The number of fused-ring (bicyclic) bond motifs is 1. The average Bonchev–Trinajstić information content (AvgIpc) is 3.13. The van der Waals surface area contributed by atoms with Crippen LogP contribution in [0.1, 0.15) is 16.1 Å². The number of aromatic amines is 1. The molecule has 0 spiro atoms. The zero-order valence-electron chi connectivity index (χ0n) is 11.7. The molecule has 3 aromatic rings. The quantitative estimate of drug-likeness (QED) is 0.452. The molecule has 22 heavy (non-hydrogen) atoms. The number of aromatic nitrogens is 1. The van der Waals surface area contributed by atoms with Gasteiger partial charge < -0.3 is 9.72 Å². The lowest BCUT2D eigenvalue weighted by Crippen LogP contribution is -2.08. The van der Waals surface area contributed by atoms with Crippen molar-refractivity contribution in [2.75, 3.05) is 7.11 Å². The lowest BCUT2D eigenvalue weighted by molar-refractivity contribution is -0.139. The highest BCUT2D eigenvalue weighted by atomic mass is 32.1. The van der Waals surface area contributed by atoms with Gasteiger partial charge in [0.15, 0.2) is 5.78 Å². The van der Waals surface area contributed by atoms with Crippen LogP contribution in [0.25, 0.3) is 22.0 Å². The van der Waals surface area contributed by atoms with E-state index in [1.54, 1.807) is 18.3 Å². The number of para-hydroxylation sites is 1. The molecule has 1 N–H and O–H groups in total. The largest absolute Gasteiger partial charge is 0.469 e. The molecule has 0 amide bonds. The van der Waals surface area contributed by atoms with Crippen molar-refractivity contribution in [3.63, 3.8) is 0 Å². The molecule has 0 bridgehead atoms. The molecule has 0 saturated heterocycles. The van der Waals surface area contributed by atoms with E-state index in [1.165, 1.54) is 24.5 Å². The van der Waals surface area contributed by atoms with Gasteiger partial charge in [-0.05, 0) is 23.1 Å². The fourth-order valence-electron chi connectivity index (χ4n) is 2.27. The molecule has 4 nitrogen and oxygen atoms in total. The van der Waals surface area contributed by atoms with Gasteiger partial charge in [-0.15, -0.1) is 11.3 Å². The van der Waals surface area contributed by atoms with Gasteiger partial charge >= 0.3 is 5.97 Å². The normalized spacial score (nSPS) is 10.8. The van der Waals surface area contributed by atoms with Gasteiger partial charge in [0.25, 0.3) is 0 Å². The minimum atomic E-state index is -0.561. The Hall–Kier alpha value is -2.47. The number of carbonyl (C=O) groups is 2. The maximum atomic E-state index is 13.7. The number of hydrogen-bond acceptors (Lipinski definition) is 4. The highest BCUT2D eigenvalue weighted by Gasteiger charge is 2.16. The summed E-state index contributed by atoms with van der Waals surface area (Å²) in [6, 6.07) is 6.56. The van der Waals surface area contributed by atoms with Crippen molar-refractivity contribution in [2.24, 2.45) is 0 Å². The first-order chi connectivity index (χ1) is 10.6. The highest BCUT2D eigenvalue weighted by molar-refractivity contribution is 7.12. The zero-order valence-corrected chi connectivity index (χ0v) is 12.5. The van der Waals surface area contributed by atoms with Gasteiger partial charge in [0.05, 0.1) is 17.5 Å². The van der Waals surface area contributed by atoms with E-state index in [2.05, 4.69) is 9.72 Å². The van der Waals surface area contributed by atoms with Gasteiger partial charge in [-0.25, -0.2) is 4.39 Å². The van der Waals surface area contributed by atoms with Crippen LogP contribution in [-0.4, -0.2) is 23.8 Å². The Morgan fingerprint density at radius 3 is 2.95 bits per heavy atom. The number of H-pyrrole nitrogens is 1. The molecule has 0 aliphatic rings. The van der Waals surface area contributed by atoms with E-state index in [-0.39, 0.29) is 18.0 Å². The Balaban J connectivity index is 1.94. The van der Waals surface area contributed by atoms with Crippen LogP contribution >= 0.6 is 11.3 Å². The molecule has 2 aromatic heterocycles. The molecule has 1 aromatic carbocycles. The van der Waals surface area contributed by atoms with Crippen LogP contribution < -0.4 is 0 Å². The average molecular weight is 317 g/mol. The van der Waals surface area contributed by atoms with Crippen LogP contribution in [0.15, 0.2) is 35.8 Å². The molecule has 112 valence electrons. The number of ether oxygens (including phenoxy) is 1. The van der Waals surface area contributed by atoms with Crippen LogP contribution in [0.4, 0.5) is 4.39 Å². The Kier molecular flexibility index (Phi) is 3.77.